The summed E-state index contributed by atoms with van der Waals surface area (Å²) >= 11 is 0. The van der Waals surface area contributed by atoms with Crippen molar-refractivity contribution in [3.05, 3.63) is 108 Å². The van der Waals surface area contributed by atoms with Crippen molar-refractivity contribution in [1.82, 2.24) is 0 Å². The van der Waals surface area contributed by atoms with E-state index in [0.29, 0.717) is 28.4 Å². The van der Waals surface area contributed by atoms with E-state index in [1.807, 2.05) is 0 Å². The van der Waals surface area contributed by atoms with Gasteiger partial charge in [-0.05, 0) is 79.2 Å². The molecule has 0 amide bonds. The number of benzene rings is 3. The van der Waals surface area contributed by atoms with Crippen LogP contribution in [-0.4, -0.2) is 31.6 Å². The molecular formula is C28H24O7. The molecule has 0 aliphatic rings. The lowest BCUT2D eigenvalue weighted by Gasteiger charge is -2.08. The summed E-state index contributed by atoms with van der Waals surface area (Å²) in [6.07, 6.45) is 3.16. The first-order chi connectivity index (χ1) is 16.9. The highest BCUT2D eigenvalue weighted by Gasteiger charge is 2.10. The molecule has 7 nitrogen and oxygen atoms in total. The zero-order chi connectivity index (χ0) is 25.2. The number of ketones is 1. The number of hydrogen-bond acceptors (Lipinski definition) is 7. The predicted molar refractivity (Wildman–Crippen MR) is 131 cm³/mol. The van der Waals surface area contributed by atoms with Gasteiger partial charge in [0.25, 0.3) is 0 Å². The molecule has 0 saturated heterocycles. The van der Waals surface area contributed by atoms with Gasteiger partial charge in [-0.25, -0.2) is 9.59 Å². The maximum atomic E-state index is 12.4. The molecule has 3 aromatic rings. The van der Waals surface area contributed by atoms with Gasteiger partial charge in [0.2, 0.25) is 6.79 Å². The number of rotatable bonds is 10. The fourth-order valence-corrected chi connectivity index (χ4v) is 2.80. The van der Waals surface area contributed by atoms with Crippen LogP contribution in [0, 0.1) is 0 Å². The van der Waals surface area contributed by atoms with Gasteiger partial charge in [-0.1, -0.05) is 24.8 Å². The van der Waals surface area contributed by atoms with Crippen LogP contribution in [0.1, 0.15) is 33.2 Å². The number of allylic oxidation sites excluding steroid dienone is 1. The quantitative estimate of drug-likeness (QED) is 0.131. The van der Waals surface area contributed by atoms with Gasteiger partial charge >= 0.3 is 11.9 Å². The van der Waals surface area contributed by atoms with Gasteiger partial charge in [0.1, 0.15) is 17.2 Å². The molecule has 0 N–H and O–H groups in total. The monoisotopic (exact) mass is 472 g/mol. The van der Waals surface area contributed by atoms with Crippen molar-refractivity contribution in [3.63, 3.8) is 0 Å². The van der Waals surface area contributed by atoms with Crippen LogP contribution >= 0.6 is 0 Å². The second-order valence-electron chi connectivity index (χ2n) is 7.38. The Labute approximate surface area is 203 Å². The highest BCUT2D eigenvalue weighted by atomic mass is 16.7. The van der Waals surface area contributed by atoms with Crippen molar-refractivity contribution < 1.29 is 33.3 Å². The van der Waals surface area contributed by atoms with Gasteiger partial charge < -0.3 is 18.9 Å². The largest absolute Gasteiger partial charge is 0.497 e. The Balaban J connectivity index is 1.51. The molecule has 0 aliphatic carbocycles. The first-order valence-electron chi connectivity index (χ1n) is 10.6. The Hall–Kier alpha value is -4.65. The Morgan fingerprint density at radius 3 is 1.97 bits per heavy atom. The van der Waals surface area contributed by atoms with E-state index >= 15 is 0 Å². The predicted octanol–water partition coefficient (Wildman–Crippen LogP) is 5.27. The van der Waals surface area contributed by atoms with Crippen molar-refractivity contribution in [2.75, 3.05) is 13.9 Å². The maximum absolute atomic E-state index is 12.4. The van der Waals surface area contributed by atoms with Gasteiger partial charge in [-0.15, -0.1) is 0 Å². The van der Waals surface area contributed by atoms with Crippen LogP contribution in [-0.2, 0) is 9.53 Å². The van der Waals surface area contributed by atoms with Gasteiger partial charge in [-0.2, -0.15) is 0 Å². The van der Waals surface area contributed by atoms with E-state index in [1.54, 1.807) is 86.0 Å². The minimum Gasteiger partial charge on any atom is -0.497 e. The first kappa shape index (κ1) is 25.0. The summed E-state index contributed by atoms with van der Waals surface area (Å²) in [6.45, 7) is 4.76. The SMILES string of the molecule is C=C(C)C(=O)OCOc1ccc(C(=O)Oc2ccc(/C=C/C(=O)c3ccc(OC)cc3)cc2)cc1. The Bertz CT molecular complexity index is 1220. The Morgan fingerprint density at radius 2 is 1.37 bits per heavy atom. The third-order valence-electron chi connectivity index (χ3n) is 4.75. The van der Waals surface area contributed by atoms with E-state index in [-0.39, 0.29) is 18.1 Å². The smallest absolute Gasteiger partial charge is 0.343 e. The van der Waals surface area contributed by atoms with Gasteiger partial charge in [0, 0.05) is 11.1 Å². The number of methoxy groups -OCH3 is 1. The maximum Gasteiger partial charge on any atom is 0.343 e. The summed E-state index contributed by atoms with van der Waals surface area (Å²) in [5, 5.41) is 0. The van der Waals surface area contributed by atoms with Crippen molar-refractivity contribution in [3.8, 4) is 17.2 Å². The van der Waals surface area contributed by atoms with Crippen LogP contribution in [0.25, 0.3) is 6.08 Å². The lowest BCUT2D eigenvalue weighted by atomic mass is 10.1. The zero-order valence-corrected chi connectivity index (χ0v) is 19.4. The molecule has 0 aromatic heterocycles. The minimum absolute atomic E-state index is 0.135. The lowest BCUT2D eigenvalue weighted by Crippen LogP contribution is -2.11. The van der Waals surface area contributed by atoms with E-state index in [4.69, 9.17) is 18.9 Å². The fourth-order valence-electron chi connectivity index (χ4n) is 2.80. The highest BCUT2D eigenvalue weighted by Crippen LogP contribution is 2.18. The van der Waals surface area contributed by atoms with Gasteiger partial charge in [-0.3, -0.25) is 4.79 Å². The van der Waals surface area contributed by atoms with Crippen molar-refractivity contribution in [2.24, 2.45) is 0 Å². The van der Waals surface area contributed by atoms with E-state index in [0.717, 1.165) is 5.56 Å². The summed E-state index contributed by atoms with van der Waals surface area (Å²) < 4.78 is 20.6. The summed E-state index contributed by atoms with van der Waals surface area (Å²) in [6, 6.07) is 19.8. The van der Waals surface area contributed by atoms with Crippen LogP contribution in [0.15, 0.2) is 91.0 Å². The molecule has 35 heavy (non-hydrogen) atoms. The van der Waals surface area contributed by atoms with Crippen LogP contribution < -0.4 is 14.2 Å². The summed E-state index contributed by atoms with van der Waals surface area (Å²) in [5.41, 5.74) is 1.93. The van der Waals surface area contributed by atoms with E-state index in [2.05, 4.69) is 6.58 Å². The van der Waals surface area contributed by atoms with E-state index in [1.165, 1.54) is 13.0 Å². The average Bonchev–Trinajstić information content (AvgIpc) is 2.88. The average molecular weight is 472 g/mol. The molecule has 0 aliphatic heterocycles. The van der Waals surface area contributed by atoms with Gasteiger partial charge in [0.15, 0.2) is 5.78 Å². The van der Waals surface area contributed by atoms with Crippen LogP contribution in [0.5, 0.6) is 17.2 Å². The number of esters is 2. The molecule has 0 saturated carbocycles. The molecule has 0 spiro atoms. The summed E-state index contributed by atoms with van der Waals surface area (Å²) in [4.78, 5) is 36.0. The standard InChI is InChI=1S/C28H24O7/c1-19(2)27(30)34-18-33-24-15-9-22(10-16-24)28(31)35-25-11-4-20(5-12-25)6-17-26(29)21-7-13-23(32-3)14-8-21/h4-17H,1,18H2,2-3H3/b17-6+. The second kappa shape index (κ2) is 12.0. The van der Waals surface area contributed by atoms with Gasteiger partial charge in [0.05, 0.1) is 12.7 Å². The molecule has 0 fully saturated rings. The molecule has 3 rings (SSSR count). The normalized spacial score (nSPS) is 10.5. The molecule has 0 radical (unpaired) electrons. The van der Waals surface area contributed by atoms with E-state index < -0.39 is 11.9 Å². The number of carbonyl (C=O) groups is 3. The molecule has 0 unspecified atom stereocenters. The molecule has 0 bridgehead atoms. The fraction of sp³-hybridized carbons (Fsp3) is 0.107. The molecule has 3 aromatic carbocycles. The number of hydrogen-bond donors (Lipinski definition) is 0. The Morgan fingerprint density at radius 1 is 0.800 bits per heavy atom. The van der Waals surface area contributed by atoms with Crippen molar-refractivity contribution in [2.45, 2.75) is 6.92 Å². The minimum atomic E-state index is -0.546. The van der Waals surface area contributed by atoms with Crippen LogP contribution in [0.4, 0.5) is 0 Å². The third kappa shape index (κ3) is 7.43. The molecule has 0 atom stereocenters. The topological polar surface area (TPSA) is 88.1 Å². The lowest BCUT2D eigenvalue weighted by molar-refractivity contribution is -0.145. The highest BCUT2D eigenvalue weighted by molar-refractivity contribution is 6.06. The van der Waals surface area contributed by atoms with E-state index in [9.17, 15) is 14.4 Å². The molecule has 0 heterocycles. The van der Waals surface area contributed by atoms with Crippen molar-refractivity contribution >= 4 is 23.8 Å². The van der Waals surface area contributed by atoms with Crippen LogP contribution in [0.3, 0.4) is 0 Å². The molecule has 7 heteroatoms. The number of ether oxygens (including phenoxy) is 4. The van der Waals surface area contributed by atoms with Crippen LogP contribution in [0.2, 0.25) is 0 Å². The zero-order valence-electron chi connectivity index (χ0n) is 19.4. The Kier molecular flexibility index (Phi) is 8.56. The summed E-state index contributed by atoms with van der Waals surface area (Å²) in [7, 11) is 1.57. The second-order valence-corrected chi connectivity index (χ2v) is 7.38. The molecular weight excluding hydrogens is 448 g/mol. The number of carbonyl (C=O) groups excluding carboxylic acids is 3. The summed E-state index contributed by atoms with van der Waals surface area (Å²) in [5.74, 6) is 0.252. The first-order valence-corrected chi connectivity index (χ1v) is 10.6. The van der Waals surface area contributed by atoms with Crippen molar-refractivity contribution in [1.29, 1.82) is 0 Å². The molecule has 178 valence electrons. The third-order valence-corrected chi connectivity index (χ3v) is 4.75.